The maximum atomic E-state index is 8.98. The highest BCUT2D eigenvalue weighted by molar-refractivity contribution is 9.10. The summed E-state index contributed by atoms with van der Waals surface area (Å²) in [6, 6.07) is 11.6. The molecule has 0 atom stereocenters. The van der Waals surface area contributed by atoms with Crippen LogP contribution in [0, 0.1) is 11.3 Å². The van der Waals surface area contributed by atoms with Crippen molar-refractivity contribution in [2.24, 2.45) is 0 Å². The zero-order chi connectivity index (χ0) is 14.4. The Morgan fingerprint density at radius 3 is 2.90 bits per heavy atom. The minimum absolute atomic E-state index is 0.571. The van der Waals surface area contributed by atoms with Crippen LogP contribution in [-0.4, -0.2) is 25.1 Å². The van der Waals surface area contributed by atoms with Crippen molar-refractivity contribution in [1.82, 2.24) is 4.90 Å². The second-order valence-electron chi connectivity index (χ2n) is 4.43. The highest BCUT2D eigenvalue weighted by Gasteiger charge is 2.05. The fourth-order valence-electron chi connectivity index (χ4n) is 1.78. The monoisotopic (exact) mass is 350 g/mol. The molecule has 0 aliphatic rings. The van der Waals surface area contributed by atoms with Crippen molar-refractivity contribution in [3.05, 3.63) is 50.6 Å². The number of hydrogen-bond acceptors (Lipinski definition) is 4. The van der Waals surface area contributed by atoms with Gasteiger partial charge in [0.25, 0.3) is 0 Å². The van der Waals surface area contributed by atoms with Gasteiger partial charge < -0.3 is 4.74 Å². The van der Waals surface area contributed by atoms with E-state index in [-0.39, 0.29) is 0 Å². The summed E-state index contributed by atoms with van der Waals surface area (Å²) in [4.78, 5) is 3.52. The maximum Gasteiger partial charge on any atom is 0.137 e. The number of para-hydroxylation sites is 1. The lowest BCUT2D eigenvalue weighted by atomic mass is 10.2. The van der Waals surface area contributed by atoms with E-state index in [1.165, 1.54) is 4.88 Å². The molecule has 3 nitrogen and oxygen atoms in total. The molecule has 1 aromatic heterocycles. The van der Waals surface area contributed by atoms with Gasteiger partial charge in [-0.15, -0.1) is 11.3 Å². The van der Waals surface area contributed by atoms with E-state index in [9.17, 15) is 0 Å². The van der Waals surface area contributed by atoms with E-state index in [0.717, 1.165) is 17.6 Å². The van der Waals surface area contributed by atoms with Gasteiger partial charge in [0.05, 0.1) is 5.56 Å². The van der Waals surface area contributed by atoms with Crippen LogP contribution in [-0.2, 0) is 6.54 Å². The molecule has 0 saturated carbocycles. The molecule has 1 aromatic carbocycles. The second-order valence-corrected chi connectivity index (χ2v) is 6.34. The number of benzene rings is 1. The van der Waals surface area contributed by atoms with Gasteiger partial charge in [0, 0.05) is 27.8 Å². The van der Waals surface area contributed by atoms with Crippen LogP contribution in [0.1, 0.15) is 10.4 Å². The van der Waals surface area contributed by atoms with E-state index in [4.69, 9.17) is 10.00 Å². The minimum atomic E-state index is 0.571. The van der Waals surface area contributed by atoms with Crippen molar-refractivity contribution in [3.8, 4) is 11.8 Å². The van der Waals surface area contributed by atoms with Gasteiger partial charge in [0.2, 0.25) is 0 Å². The Morgan fingerprint density at radius 1 is 1.40 bits per heavy atom. The molecule has 2 rings (SSSR count). The maximum absolute atomic E-state index is 8.98. The third kappa shape index (κ3) is 4.34. The molecule has 0 unspecified atom stereocenters. The number of thiophene rings is 1. The van der Waals surface area contributed by atoms with E-state index < -0.39 is 0 Å². The second kappa shape index (κ2) is 7.44. The van der Waals surface area contributed by atoms with E-state index in [1.54, 1.807) is 17.4 Å². The fraction of sp³-hybridized carbons (Fsp3) is 0.267. The quantitative estimate of drug-likeness (QED) is 0.792. The highest BCUT2D eigenvalue weighted by Crippen LogP contribution is 2.21. The largest absolute Gasteiger partial charge is 0.491 e. The molecule has 20 heavy (non-hydrogen) atoms. The van der Waals surface area contributed by atoms with Gasteiger partial charge in [-0.05, 0) is 41.2 Å². The summed E-state index contributed by atoms with van der Waals surface area (Å²) in [5.41, 5.74) is 0.581. The number of nitrogens with zero attached hydrogens (tertiary/aromatic N) is 2. The fourth-order valence-corrected chi connectivity index (χ4v) is 3.31. The van der Waals surface area contributed by atoms with Crippen molar-refractivity contribution in [3.63, 3.8) is 0 Å². The SMILES string of the molecule is CN(CCOc1ccccc1C#N)Cc1cc(Br)cs1. The van der Waals surface area contributed by atoms with Crippen molar-refractivity contribution in [2.45, 2.75) is 6.54 Å². The van der Waals surface area contributed by atoms with Crippen molar-refractivity contribution >= 4 is 27.3 Å². The Labute approximate surface area is 131 Å². The van der Waals surface area contributed by atoms with Gasteiger partial charge in [-0.1, -0.05) is 12.1 Å². The van der Waals surface area contributed by atoms with Crippen LogP contribution in [0.25, 0.3) is 0 Å². The minimum Gasteiger partial charge on any atom is -0.491 e. The van der Waals surface area contributed by atoms with E-state index in [2.05, 4.69) is 45.4 Å². The molecular formula is C15H15BrN2OS. The van der Waals surface area contributed by atoms with E-state index in [1.807, 2.05) is 18.2 Å². The lowest BCUT2D eigenvalue weighted by Crippen LogP contribution is -2.23. The molecule has 0 fully saturated rings. The van der Waals surface area contributed by atoms with Crippen LogP contribution in [0.5, 0.6) is 5.75 Å². The van der Waals surface area contributed by atoms with E-state index in [0.29, 0.717) is 17.9 Å². The lowest BCUT2D eigenvalue weighted by molar-refractivity contribution is 0.233. The predicted octanol–water partition coefficient (Wildman–Crippen LogP) is 3.89. The summed E-state index contributed by atoms with van der Waals surface area (Å²) in [5.74, 6) is 0.655. The normalized spacial score (nSPS) is 10.5. The number of likely N-dealkylation sites (N-methyl/N-ethyl adjacent to an activating group) is 1. The van der Waals surface area contributed by atoms with E-state index >= 15 is 0 Å². The molecule has 0 aliphatic heterocycles. The molecule has 2 aromatic rings. The average molecular weight is 351 g/mol. The molecular weight excluding hydrogens is 336 g/mol. The van der Waals surface area contributed by atoms with Crippen molar-refractivity contribution in [2.75, 3.05) is 20.2 Å². The topological polar surface area (TPSA) is 36.3 Å². The zero-order valence-electron chi connectivity index (χ0n) is 11.2. The summed E-state index contributed by atoms with van der Waals surface area (Å²) >= 11 is 5.20. The molecule has 1 heterocycles. The number of hydrogen-bond donors (Lipinski definition) is 0. The smallest absolute Gasteiger partial charge is 0.137 e. The molecule has 0 radical (unpaired) electrons. The number of halogens is 1. The summed E-state index contributed by atoms with van der Waals surface area (Å²) in [6.07, 6.45) is 0. The molecule has 0 saturated heterocycles. The molecule has 0 N–H and O–H groups in total. The molecule has 104 valence electrons. The summed E-state index contributed by atoms with van der Waals surface area (Å²) in [5, 5.41) is 11.1. The summed E-state index contributed by atoms with van der Waals surface area (Å²) in [6.45, 7) is 2.29. The first kappa shape index (κ1) is 15.0. The first-order chi connectivity index (χ1) is 9.69. The Bertz CT molecular complexity index is 606. The Hall–Kier alpha value is -1.35. The molecule has 0 aliphatic carbocycles. The number of rotatable bonds is 6. The predicted molar refractivity (Wildman–Crippen MR) is 85.0 cm³/mol. The van der Waals surface area contributed by atoms with Crippen LogP contribution in [0.4, 0.5) is 0 Å². The van der Waals surface area contributed by atoms with Crippen LogP contribution >= 0.6 is 27.3 Å². The standard InChI is InChI=1S/C15H15BrN2OS/c1-18(10-14-8-13(16)11-20-14)6-7-19-15-5-3-2-4-12(15)9-17/h2-5,8,11H,6-7,10H2,1H3. The summed E-state index contributed by atoms with van der Waals surface area (Å²) < 4.78 is 6.80. The van der Waals surface area contributed by atoms with Crippen molar-refractivity contribution in [1.29, 1.82) is 5.26 Å². The van der Waals surface area contributed by atoms with Gasteiger partial charge in [-0.2, -0.15) is 5.26 Å². The van der Waals surface area contributed by atoms with Crippen LogP contribution in [0.2, 0.25) is 0 Å². The molecule has 0 amide bonds. The first-order valence-corrected chi connectivity index (χ1v) is 7.89. The van der Waals surface area contributed by atoms with Gasteiger partial charge in [-0.3, -0.25) is 4.90 Å². The molecule has 0 spiro atoms. The van der Waals surface area contributed by atoms with Gasteiger partial charge in [-0.25, -0.2) is 0 Å². The summed E-state index contributed by atoms with van der Waals surface area (Å²) in [7, 11) is 2.06. The van der Waals surface area contributed by atoms with Crippen LogP contribution in [0.3, 0.4) is 0 Å². The first-order valence-electron chi connectivity index (χ1n) is 6.22. The number of nitriles is 1. The van der Waals surface area contributed by atoms with Crippen LogP contribution in [0.15, 0.2) is 40.2 Å². The van der Waals surface area contributed by atoms with Gasteiger partial charge in [0.15, 0.2) is 0 Å². The van der Waals surface area contributed by atoms with Crippen LogP contribution < -0.4 is 4.74 Å². The zero-order valence-corrected chi connectivity index (χ0v) is 13.6. The van der Waals surface area contributed by atoms with Crippen molar-refractivity contribution < 1.29 is 4.74 Å². The highest BCUT2D eigenvalue weighted by atomic mass is 79.9. The third-order valence-corrected chi connectivity index (χ3v) is 4.47. The Kier molecular flexibility index (Phi) is 5.60. The Morgan fingerprint density at radius 2 is 2.20 bits per heavy atom. The van der Waals surface area contributed by atoms with Gasteiger partial charge in [0.1, 0.15) is 18.4 Å². The average Bonchev–Trinajstić information content (AvgIpc) is 2.84. The Balaban J connectivity index is 1.79. The third-order valence-electron chi connectivity index (χ3n) is 2.79. The number of ether oxygens (including phenoxy) is 1. The molecule has 5 heteroatoms. The van der Waals surface area contributed by atoms with Gasteiger partial charge >= 0.3 is 0 Å². The lowest BCUT2D eigenvalue weighted by Gasteiger charge is -2.16. The molecule has 0 bridgehead atoms.